The first-order chi connectivity index (χ1) is 9.20. The second kappa shape index (κ2) is 7.39. The number of hydrogen-bond donors (Lipinski definition) is 1. The highest BCUT2D eigenvalue weighted by Crippen LogP contribution is 2.36. The number of methoxy groups -OCH3 is 1. The third kappa shape index (κ3) is 4.28. The van der Waals surface area contributed by atoms with Gasteiger partial charge in [0.2, 0.25) is 0 Å². The van der Waals surface area contributed by atoms with Crippen LogP contribution >= 0.6 is 27.5 Å². The summed E-state index contributed by atoms with van der Waals surface area (Å²) in [6.07, 6.45) is 8.17. The normalized spacial score (nSPS) is 17.0. The monoisotopic (exact) mass is 345 g/mol. The fourth-order valence-electron chi connectivity index (χ4n) is 2.72. The van der Waals surface area contributed by atoms with Gasteiger partial charge in [-0.2, -0.15) is 0 Å². The van der Waals surface area contributed by atoms with Crippen LogP contribution in [0.2, 0.25) is 5.02 Å². The number of halogens is 2. The Bertz CT molecular complexity index is 417. The molecule has 0 amide bonds. The second-order valence-corrected chi connectivity index (χ2v) is 6.50. The minimum atomic E-state index is 0.719. The Kier molecular flexibility index (Phi) is 5.83. The summed E-state index contributed by atoms with van der Waals surface area (Å²) in [5.41, 5.74) is 0.978. The summed E-state index contributed by atoms with van der Waals surface area (Å²) in [6.45, 7) is 1.00. The highest BCUT2D eigenvalue weighted by molar-refractivity contribution is 9.10. The fourth-order valence-corrected chi connectivity index (χ4v) is 3.69. The molecule has 0 heterocycles. The Morgan fingerprint density at radius 3 is 2.58 bits per heavy atom. The van der Waals surface area contributed by atoms with Crippen molar-refractivity contribution < 1.29 is 4.74 Å². The van der Waals surface area contributed by atoms with E-state index in [0.29, 0.717) is 0 Å². The molecule has 0 atom stereocenters. The molecule has 1 fully saturated rings. The summed E-state index contributed by atoms with van der Waals surface area (Å²) in [4.78, 5) is 0. The zero-order valence-corrected chi connectivity index (χ0v) is 13.7. The smallest absolute Gasteiger partial charge is 0.156 e. The molecule has 0 aromatic heterocycles. The van der Waals surface area contributed by atoms with Crippen molar-refractivity contribution in [2.45, 2.75) is 38.5 Å². The highest BCUT2D eigenvalue weighted by Gasteiger charge is 2.14. The molecule has 4 heteroatoms. The van der Waals surface area contributed by atoms with Crippen molar-refractivity contribution in [1.82, 2.24) is 0 Å². The number of hydrogen-bond acceptors (Lipinski definition) is 2. The molecule has 0 saturated heterocycles. The molecule has 1 aromatic carbocycles. The number of ether oxygens (including phenoxy) is 1. The predicted molar refractivity (Wildman–Crippen MR) is 85.4 cm³/mol. The van der Waals surface area contributed by atoms with Crippen molar-refractivity contribution in [3.8, 4) is 5.75 Å². The maximum atomic E-state index is 6.10. The molecule has 1 aliphatic rings. The largest absolute Gasteiger partial charge is 0.493 e. The van der Waals surface area contributed by atoms with Crippen LogP contribution in [0, 0.1) is 5.92 Å². The van der Waals surface area contributed by atoms with Crippen molar-refractivity contribution in [1.29, 1.82) is 0 Å². The third-order valence-electron chi connectivity index (χ3n) is 3.77. The van der Waals surface area contributed by atoms with Gasteiger partial charge in [-0.3, -0.25) is 0 Å². The Hall–Kier alpha value is -0.410. The van der Waals surface area contributed by atoms with Crippen molar-refractivity contribution >= 4 is 33.2 Å². The summed E-state index contributed by atoms with van der Waals surface area (Å²) < 4.78 is 6.32. The van der Waals surface area contributed by atoms with Gasteiger partial charge in [-0.1, -0.05) is 37.3 Å². The molecule has 1 aromatic rings. The van der Waals surface area contributed by atoms with Gasteiger partial charge in [0.15, 0.2) is 5.75 Å². The Labute approximate surface area is 129 Å². The summed E-state index contributed by atoms with van der Waals surface area (Å²) in [7, 11) is 1.69. The van der Waals surface area contributed by atoms with Crippen LogP contribution in [0.3, 0.4) is 0 Å². The minimum absolute atomic E-state index is 0.719. The van der Waals surface area contributed by atoms with Crippen LogP contribution < -0.4 is 10.1 Å². The van der Waals surface area contributed by atoms with Crippen LogP contribution in [0.4, 0.5) is 5.69 Å². The average Bonchev–Trinajstić information content (AvgIpc) is 2.64. The molecular weight excluding hydrogens is 326 g/mol. The van der Waals surface area contributed by atoms with E-state index in [1.807, 2.05) is 12.1 Å². The molecule has 1 saturated carbocycles. The van der Waals surface area contributed by atoms with Crippen molar-refractivity contribution in [2.75, 3.05) is 19.0 Å². The Balaban J connectivity index is 2.01. The minimum Gasteiger partial charge on any atom is -0.493 e. The van der Waals surface area contributed by atoms with E-state index in [9.17, 15) is 0 Å². The molecule has 19 heavy (non-hydrogen) atoms. The van der Waals surface area contributed by atoms with E-state index in [1.54, 1.807) is 7.11 Å². The standard InChI is InChI=1S/C15H21BrClNO/c1-19-15-13(16)8-12(17)9-14(15)18-10-11-6-4-2-3-5-7-11/h8-9,11,18H,2-7,10H2,1H3. The number of rotatable bonds is 4. The van der Waals surface area contributed by atoms with Crippen LogP contribution in [0.15, 0.2) is 16.6 Å². The molecule has 2 rings (SSSR count). The zero-order chi connectivity index (χ0) is 13.7. The van der Waals surface area contributed by atoms with Crippen molar-refractivity contribution in [2.24, 2.45) is 5.92 Å². The second-order valence-electron chi connectivity index (χ2n) is 5.21. The molecule has 1 aliphatic carbocycles. The number of anilines is 1. The number of nitrogens with one attached hydrogen (secondary N) is 1. The summed E-state index contributed by atoms with van der Waals surface area (Å²) in [6, 6.07) is 3.79. The van der Waals surface area contributed by atoms with Gasteiger partial charge in [-0.05, 0) is 46.8 Å². The lowest BCUT2D eigenvalue weighted by molar-refractivity contribution is 0.412. The molecule has 0 spiro atoms. The zero-order valence-electron chi connectivity index (χ0n) is 11.3. The predicted octanol–water partition coefficient (Wildman–Crippen LogP) is 5.49. The quantitative estimate of drug-likeness (QED) is 0.727. The maximum Gasteiger partial charge on any atom is 0.156 e. The molecule has 0 unspecified atom stereocenters. The van der Waals surface area contributed by atoms with Crippen molar-refractivity contribution in [3.05, 3.63) is 21.6 Å². The molecule has 1 N–H and O–H groups in total. The maximum absolute atomic E-state index is 6.10. The van der Waals surface area contributed by atoms with Gasteiger partial charge in [-0.25, -0.2) is 0 Å². The summed E-state index contributed by atoms with van der Waals surface area (Å²) >= 11 is 9.59. The highest BCUT2D eigenvalue weighted by atomic mass is 79.9. The van der Waals surface area contributed by atoms with Gasteiger partial charge in [0.25, 0.3) is 0 Å². The first-order valence-corrected chi connectivity index (χ1v) is 8.14. The third-order valence-corrected chi connectivity index (χ3v) is 4.58. The molecule has 0 aliphatic heterocycles. The van der Waals surface area contributed by atoms with Crippen LogP contribution in [0.1, 0.15) is 38.5 Å². The SMILES string of the molecule is COc1c(Br)cc(Cl)cc1NCC1CCCCCC1. The van der Waals surface area contributed by atoms with Crippen LogP contribution in [-0.2, 0) is 0 Å². The molecule has 0 radical (unpaired) electrons. The topological polar surface area (TPSA) is 21.3 Å². The van der Waals surface area contributed by atoms with Gasteiger partial charge in [0.05, 0.1) is 17.3 Å². The Morgan fingerprint density at radius 2 is 1.95 bits per heavy atom. The van der Waals surface area contributed by atoms with Gasteiger partial charge in [-0.15, -0.1) is 0 Å². The van der Waals surface area contributed by atoms with E-state index >= 15 is 0 Å². The molecule has 106 valence electrons. The molecular formula is C15H21BrClNO. The Morgan fingerprint density at radius 1 is 1.26 bits per heavy atom. The lowest BCUT2D eigenvalue weighted by atomic mass is 10.0. The molecule has 2 nitrogen and oxygen atoms in total. The van der Waals surface area contributed by atoms with Crippen LogP contribution in [0.5, 0.6) is 5.75 Å². The van der Waals surface area contributed by atoms with E-state index in [0.717, 1.165) is 33.4 Å². The van der Waals surface area contributed by atoms with Gasteiger partial charge < -0.3 is 10.1 Å². The molecule has 0 bridgehead atoms. The van der Waals surface area contributed by atoms with E-state index in [4.69, 9.17) is 16.3 Å². The van der Waals surface area contributed by atoms with Crippen molar-refractivity contribution in [3.63, 3.8) is 0 Å². The van der Waals surface area contributed by atoms with E-state index < -0.39 is 0 Å². The average molecular weight is 347 g/mol. The summed E-state index contributed by atoms with van der Waals surface area (Å²) in [5.74, 6) is 1.60. The van der Waals surface area contributed by atoms with Gasteiger partial charge >= 0.3 is 0 Å². The van der Waals surface area contributed by atoms with Crippen LogP contribution in [-0.4, -0.2) is 13.7 Å². The van der Waals surface area contributed by atoms with Gasteiger partial charge in [0, 0.05) is 11.6 Å². The lowest BCUT2D eigenvalue weighted by Crippen LogP contribution is -2.14. The first kappa shape index (κ1) is 15.0. The van der Waals surface area contributed by atoms with Crippen LogP contribution in [0.25, 0.3) is 0 Å². The van der Waals surface area contributed by atoms with E-state index in [-0.39, 0.29) is 0 Å². The number of benzene rings is 1. The van der Waals surface area contributed by atoms with E-state index in [1.165, 1.54) is 38.5 Å². The van der Waals surface area contributed by atoms with E-state index in [2.05, 4.69) is 21.2 Å². The lowest BCUT2D eigenvalue weighted by Gasteiger charge is -2.18. The summed E-state index contributed by atoms with van der Waals surface area (Å²) in [5, 5.41) is 4.22. The fraction of sp³-hybridized carbons (Fsp3) is 0.600. The first-order valence-electron chi connectivity index (χ1n) is 6.97. The van der Waals surface area contributed by atoms with Gasteiger partial charge in [0.1, 0.15) is 0 Å².